The van der Waals surface area contributed by atoms with Gasteiger partial charge in [-0.2, -0.15) is 0 Å². The van der Waals surface area contributed by atoms with Crippen LogP contribution >= 0.6 is 15.9 Å². The molecule has 0 bridgehead atoms. The van der Waals surface area contributed by atoms with Gasteiger partial charge in [0.2, 0.25) is 0 Å². The molecule has 128 valence electrons. The summed E-state index contributed by atoms with van der Waals surface area (Å²) in [5, 5.41) is 13.1. The number of rotatable bonds is 5. The molecule has 25 heavy (non-hydrogen) atoms. The standard InChI is InChI=1S/C17H12BrFN2O4/c1-10(22)15(9-11-8-12(18)2-7-16(11)19)17(23)20-13-3-5-14(6-4-13)21(24)25/h2-9H,1H3,(H,20,23)/b15-9+. The number of halogens is 2. The summed E-state index contributed by atoms with van der Waals surface area (Å²) in [6, 6.07) is 9.28. The zero-order valence-corrected chi connectivity index (χ0v) is 14.5. The molecule has 2 rings (SSSR count). The Morgan fingerprint density at radius 3 is 2.40 bits per heavy atom. The van der Waals surface area contributed by atoms with E-state index in [0.29, 0.717) is 4.47 Å². The highest BCUT2D eigenvalue weighted by molar-refractivity contribution is 9.10. The molecule has 0 unspecified atom stereocenters. The maximum Gasteiger partial charge on any atom is 0.269 e. The second-order valence-corrected chi connectivity index (χ2v) is 5.95. The molecule has 0 spiro atoms. The summed E-state index contributed by atoms with van der Waals surface area (Å²) in [4.78, 5) is 34.1. The number of nitro benzene ring substituents is 1. The smallest absolute Gasteiger partial charge is 0.269 e. The van der Waals surface area contributed by atoms with Gasteiger partial charge in [0.1, 0.15) is 5.82 Å². The molecule has 2 aromatic rings. The minimum absolute atomic E-state index is 0.0819. The number of anilines is 1. The van der Waals surface area contributed by atoms with Crippen molar-refractivity contribution >= 4 is 45.1 Å². The molecule has 0 aliphatic rings. The predicted molar refractivity (Wildman–Crippen MR) is 94.5 cm³/mol. The van der Waals surface area contributed by atoms with Crippen LogP contribution in [0.1, 0.15) is 12.5 Å². The van der Waals surface area contributed by atoms with Crippen LogP contribution in [0.25, 0.3) is 6.08 Å². The van der Waals surface area contributed by atoms with Crippen LogP contribution < -0.4 is 5.32 Å². The van der Waals surface area contributed by atoms with Crippen LogP contribution in [-0.4, -0.2) is 16.6 Å². The third kappa shape index (κ3) is 4.80. The Morgan fingerprint density at radius 1 is 1.20 bits per heavy atom. The predicted octanol–water partition coefficient (Wildman–Crippen LogP) is 4.11. The molecule has 0 saturated heterocycles. The molecular weight excluding hydrogens is 395 g/mol. The Bertz CT molecular complexity index is 879. The molecule has 6 nitrogen and oxygen atoms in total. The number of nitro groups is 1. The van der Waals surface area contributed by atoms with Gasteiger partial charge in [0.05, 0.1) is 10.5 Å². The zero-order chi connectivity index (χ0) is 18.6. The third-order valence-corrected chi connectivity index (χ3v) is 3.71. The van der Waals surface area contributed by atoms with E-state index in [4.69, 9.17) is 0 Å². The third-order valence-electron chi connectivity index (χ3n) is 3.22. The molecule has 0 saturated carbocycles. The maximum atomic E-state index is 13.8. The lowest BCUT2D eigenvalue weighted by molar-refractivity contribution is -0.384. The summed E-state index contributed by atoms with van der Waals surface area (Å²) in [6.07, 6.45) is 1.16. The number of nitrogens with one attached hydrogen (secondary N) is 1. The highest BCUT2D eigenvalue weighted by Gasteiger charge is 2.16. The normalized spacial score (nSPS) is 11.1. The lowest BCUT2D eigenvalue weighted by atomic mass is 10.1. The summed E-state index contributed by atoms with van der Waals surface area (Å²) < 4.78 is 14.4. The largest absolute Gasteiger partial charge is 0.322 e. The van der Waals surface area contributed by atoms with E-state index in [-0.39, 0.29) is 22.5 Å². The molecule has 8 heteroatoms. The molecule has 2 aromatic carbocycles. The molecule has 1 amide bonds. The number of nitrogens with zero attached hydrogens (tertiary/aromatic N) is 1. The van der Waals surface area contributed by atoms with Crippen LogP contribution in [0, 0.1) is 15.9 Å². The van der Waals surface area contributed by atoms with Gasteiger partial charge >= 0.3 is 0 Å². The van der Waals surface area contributed by atoms with Crippen molar-refractivity contribution in [2.75, 3.05) is 5.32 Å². The minimum atomic E-state index is -0.735. The average molecular weight is 407 g/mol. The number of hydrogen-bond acceptors (Lipinski definition) is 4. The Morgan fingerprint density at radius 2 is 1.84 bits per heavy atom. The number of non-ortho nitro benzene ring substituents is 1. The van der Waals surface area contributed by atoms with Crippen molar-refractivity contribution < 1.29 is 18.9 Å². The molecule has 0 aliphatic carbocycles. The van der Waals surface area contributed by atoms with Gasteiger partial charge in [0, 0.05) is 27.9 Å². The fourth-order valence-corrected chi connectivity index (χ4v) is 2.35. The second-order valence-electron chi connectivity index (χ2n) is 5.04. The average Bonchev–Trinajstić information content (AvgIpc) is 2.55. The summed E-state index contributed by atoms with van der Waals surface area (Å²) in [6.45, 7) is 1.19. The van der Waals surface area contributed by atoms with Gasteiger partial charge in [0.25, 0.3) is 11.6 Å². The van der Waals surface area contributed by atoms with Crippen molar-refractivity contribution in [2.45, 2.75) is 6.92 Å². The summed E-state index contributed by atoms with van der Waals surface area (Å²) in [5.41, 5.74) is -0.0113. The van der Waals surface area contributed by atoms with Crippen molar-refractivity contribution in [3.05, 3.63) is 74.0 Å². The number of benzene rings is 2. The van der Waals surface area contributed by atoms with Gasteiger partial charge in [-0.15, -0.1) is 0 Å². The summed E-state index contributed by atoms with van der Waals surface area (Å²) in [5.74, 6) is -1.86. The van der Waals surface area contributed by atoms with Crippen LogP contribution in [0.3, 0.4) is 0 Å². The molecule has 1 N–H and O–H groups in total. The number of hydrogen-bond donors (Lipinski definition) is 1. The first kappa shape index (κ1) is 18.5. The number of ketones is 1. The molecule has 0 radical (unpaired) electrons. The molecule has 0 heterocycles. The van der Waals surface area contributed by atoms with E-state index in [9.17, 15) is 24.1 Å². The summed E-state index contributed by atoms with van der Waals surface area (Å²) in [7, 11) is 0. The van der Waals surface area contributed by atoms with Gasteiger partial charge in [-0.25, -0.2) is 4.39 Å². The van der Waals surface area contributed by atoms with E-state index >= 15 is 0 Å². The molecule has 0 aromatic heterocycles. The topological polar surface area (TPSA) is 89.3 Å². The number of amides is 1. The van der Waals surface area contributed by atoms with E-state index in [1.54, 1.807) is 0 Å². The highest BCUT2D eigenvalue weighted by atomic mass is 79.9. The molecule has 0 atom stereocenters. The van der Waals surface area contributed by atoms with Crippen molar-refractivity contribution in [3.8, 4) is 0 Å². The van der Waals surface area contributed by atoms with Gasteiger partial charge in [-0.05, 0) is 43.3 Å². The lowest BCUT2D eigenvalue weighted by Gasteiger charge is -2.07. The Kier molecular flexibility index (Phi) is 5.76. The van der Waals surface area contributed by atoms with Crippen molar-refractivity contribution in [1.82, 2.24) is 0 Å². The van der Waals surface area contributed by atoms with Gasteiger partial charge in [-0.3, -0.25) is 19.7 Å². The van der Waals surface area contributed by atoms with Crippen LogP contribution in [0.4, 0.5) is 15.8 Å². The first-order valence-corrected chi connectivity index (χ1v) is 7.80. The minimum Gasteiger partial charge on any atom is -0.322 e. The Balaban J connectivity index is 2.29. The van der Waals surface area contributed by atoms with Gasteiger partial charge < -0.3 is 5.32 Å². The van der Waals surface area contributed by atoms with Crippen molar-refractivity contribution in [1.29, 1.82) is 0 Å². The first-order valence-electron chi connectivity index (χ1n) is 7.01. The van der Waals surface area contributed by atoms with Gasteiger partial charge in [0.15, 0.2) is 5.78 Å². The SMILES string of the molecule is CC(=O)/C(=C\c1cc(Br)ccc1F)C(=O)Nc1ccc([N+](=O)[O-])cc1. The highest BCUT2D eigenvalue weighted by Crippen LogP contribution is 2.20. The van der Waals surface area contributed by atoms with Crippen LogP contribution in [0.5, 0.6) is 0 Å². The van der Waals surface area contributed by atoms with Crippen LogP contribution in [0.2, 0.25) is 0 Å². The molecule has 0 fully saturated rings. The Hall–Kier alpha value is -2.87. The molecule has 0 aliphatic heterocycles. The number of Topliss-reactive ketones (excluding diaryl/α,β-unsaturated/α-hetero) is 1. The zero-order valence-electron chi connectivity index (χ0n) is 13.0. The van der Waals surface area contributed by atoms with E-state index < -0.39 is 22.4 Å². The Labute approximate surface area is 150 Å². The van der Waals surface area contributed by atoms with Crippen LogP contribution in [-0.2, 0) is 9.59 Å². The van der Waals surface area contributed by atoms with E-state index in [1.165, 1.54) is 49.4 Å². The van der Waals surface area contributed by atoms with E-state index in [1.807, 2.05) is 0 Å². The lowest BCUT2D eigenvalue weighted by Crippen LogP contribution is -2.19. The van der Waals surface area contributed by atoms with Gasteiger partial charge in [-0.1, -0.05) is 15.9 Å². The first-order chi connectivity index (χ1) is 11.8. The van der Waals surface area contributed by atoms with Crippen molar-refractivity contribution in [2.24, 2.45) is 0 Å². The second kappa shape index (κ2) is 7.80. The number of carbonyl (C=O) groups is 2. The van der Waals surface area contributed by atoms with E-state index in [0.717, 1.165) is 6.08 Å². The fourth-order valence-electron chi connectivity index (χ4n) is 1.97. The van der Waals surface area contributed by atoms with Crippen molar-refractivity contribution in [3.63, 3.8) is 0 Å². The van der Waals surface area contributed by atoms with Crippen LogP contribution in [0.15, 0.2) is 52.5 Å². The maximum absolute atomic E-state index is 13.8. The number of carbonyl (C=O) groups excluding carboxylic acids is 2. The summed E-state index contributed by atoms with van der Waals surface area (Å²) >= 11 is 3.20. The van der Waals surface area contributed by atoms with E-state index in [2.05, 4.69) is 21.2 Å². The molecular formula is C17H12BrFN2O4. The fraction of sp³-hybridized carbons (Fsp3) is 0.0588. The quantitative estimate of drug-likeness (QED) is 0.266. The monoisotopic (exact) mass is 406 g/mol.